The summed E-state index contributed by atoms with van der Waals surface area (Å²) in [5.41, 5.74) is 14.6. The third kappa shape index (κ3) is 4.05. The lowest BCUT2D eigenvalue weighted by atomic mass is 10.1. The molecule has 5 nitrogen and oxygen atoms in total. The number of halogens is 2. The van der Waals surface area contributed by atoms with Gasteiger partial charge in [0.05, 0.1) is 0 Å². The van der Waals surface area contributed by atoms with Crippen LogP contribution in [0.1, 0.15) is 11.1 Å². The molecule has 0 amide bonds. The third-order valence-electron chi connectivity index (χ3n) is 3.66. The van der Waals surface area contributed by atoms with Crippen molar-refractivity contribution < 1.29 is 4.42 Å². The van der Waals surface area contributed by atoms with Crippen LogP contribution in [0.5, 0.6) is 0 Å². The van der Waals surface area contributed by atoms with Gasteiger partial charge < -0.3 is 26.5 Å². The summed E-state index contributed by atoms with van der Waals surface area (Å²) < 4.78 is 8.10. The Bertz CT molecular complexity index is 925. The first-order valence-corrected chi connectivity index (χ1v) is 9.65. The molecule has 9 heteroatoms. The van der Waals surface area contributed by atoms with Crippen molar-refractivity contribution in [2.24, 2.45) is 11.5 Å². The van der Waals surface area contributed by atoms with Gasteiger partial charge in [-0.15, -0.1) is 0 Å². The number of hydrogen-bond donors (Lipinski definition) is 4. The number of nitrogens with one attached hydrogen (secondary N) is 2. The van der Waals surface area contributed by atoms with Gasteiger partial charge in [0.1, 0.15) is 11.2 Å². The van der Waals surface area contributed by atoms with Crippen LogP contribution in [0, 0.1) is 0 Å². The molecular formula is C16H14Br2N4OS2. The standard InChI is InChI=1S/C16H14Br2N4OS2/c17-9-1-7(5-21-15(19)24)13-11(3-9)12-4-10(18)2-8(14(12)23-13)6-22-16(20)25/h1-4H,5-6H2,(H3,19,21,24)(H3,20,22,25). The first kappa shape index (κ1) is 18.4. The maximum Gasteiger partial charge on any atom is 0.163 e. The van der Waals surface area contributed by atoms with E-state index in [1.54, 1.807) is 0 Å². The quantitative estimate of drug-likeness (QED) is 0.404. The molecule has 0 spiro atoms. The van der Waals surface area contributed by atoms with Gasteiger partial charge in [-0.05, 0) is 48.7 Å². The van der Waals surface area contributed by atoms with Crippen molar-refractivity contribution in [3.63, 3.8) is 0 Å². The Morgan fingerprint density at radius 1 is 0.840 bits per heavy atom. The lowest BCUT2D eigenvalue weighted by Gasteiger charge is -2.05. The Morgan fingerprint density at radius 3 is 1.60 bits per heavy atom. The highest BCUT2D eigenvalue weighted by molar-refractivity contribution is 9.10. The molecule has 6 N–H and O–H groups in total. The van der Waals surface area contributed by atoms with Crippen molar-refractivity contribution in [2.75, 3.05) is 0 Å². The third-order valence-corrected chi connectivity index (χ3v) is 4.87. The summed E-state index contributed by atoms with van der Waals surface area (Å²) in [5, 5.41) is 8.42. The monoisotopic (exact) mass is 500 g/mol. The van der Waals surface area contributed by atoms with E-state index in [4.69, 9.17) is 40.3 Å². The predicted molar refractivity (Wildman–Crippen MR) is 116 cm³/mol. The van der Waals surface area contributed by atoms with Gasteiger partial charge >= 0.3 is 0 Å². The summed E-state index contributed by atoms with van der Waals surface area (Å²) in [7, 11) is 0. The molecule has 0 unspecified atom stereocenters. The number of furan rings is 1. The van der Waals surface area contributed by atoms with Crippen LogP contribution in [-0.4, -0.2) is 10.2 Å². The van der Waals surface area contributed by atoms with Gasteiger partial charge in [-0.3, -0.25) is 0 Å². The van der Waals surface area contributed by atoms with Crippen molar-refractivity contribution in [3.8, 4) is 0 Å². The fourth-order valence-electron chi connectivity index (χ4n) is 2.67. The second kappa shape index (κ2) is 7.45. The zero-order chi connectivity index (χ0) is 18.1. The Morgan fingerprint density at radius 2 is 1.24 bits per heavy atom. The van der Waals surface area contributed by atoms with Gasteiger partial charge in [-0.1, -0.05) is 31.9 Å². The van der Waals surface area contributed by atoms with Crippen LogP contribution in [0.25, 0.3) is 21.9 Å². The molecule has 1 aromatic heterocycles. The average Bonchev–Trinajstić information content (AvgIpc) is 2.88. The molecule has 0 radical (unpaired) electrons. The summed E-state index contributed by atoms with van der Waals surface area (Å²) in [6, 6.07) is 8.03. The fraction of sp³-hybridized carbons (Fsp3) is 0.125. The second-order valence-corrected chi connectivity index (χ2v) is 8.13. The molecular weight excluding hydrogens is 488 g/mol. The highest BCUT2D eigenvalue weighted by Gasteiger charge is 2.16. The first-order chi connectivity index (χ1) is 11.8. The van der Waals surface area contributed by atoms with Gasteiger partial charge in [-0.25, -0.2) is 0 Å². The normalized spacial score (nSPS) is 11.0. The molecule has 0 bridgehead atoms. The summed E-state index contributed by atoms with van der Waals surface area (Å²) >= 11 is 16.9. The summed E-state index contributed by atoms with van der Waals surface area (Å²) in [4.78, 5) is 0. The Labute approximate surface area is 171 Å². The van der Waals surface area contributed by atoms with E-state index in [9.17, 15) is 0 Å². The fourth-order valence-corrected chi connectivity index (χ4v) is 3.83. The number of benzene rings is 2. The zero-order valence-corrected chi connectivity index (χ0v) is 17.7. The Balaban J connectivity index is 2.20. The number of thiocarbonyl (C=S) groups is 2. The molecule has 0 fully saturated rings. The molecule has 0 saturated carbocycles. The van der Waals surface area contributed by atoms with Crippen molar-refractivity contribution in [2.45, 2.75) is 13.1 Å². The number of nitrogens with two attached hydrogens (primary N) is 2. The summed E-state index contributed by atoms with van der Waals surface area (Å²) in [6.07, 6.45) is 0. The molecule has 2 aromatic carbocycles. The molecule has 3 rings (SSSR count). The number of hydrogen-bond acceptors (Lipinski definition) is 3. The van der Waals surface area contributed by atoms with Crippen molar-refractivity contribution in [3.05, 3.63) is 44.3 Å². The molecule has 1 heterocycles. The molecule has 0 saturated heterocycles. The van der Waals surface area contributed by atoms with E-state index in [0.29, 0.717) is 13.1 Å². The summed E-state index contributed by atoms with van der Waals surface area (Å²) in [6.45, 7) is 0.958. The van der Waals surface area contributed by atoms with Crippen LogP contribution in [0.2, 0.25) is 0 Å². The van der Waals surface area contributed by atoms with Gasteiger partial charge in [0, 0.05) is 43.9 Å². The number of rotatable bonds is 4. The van der Waals surface area contributed by atoms with Crippen LogP contribution >= 0.6 is 56.3 Å². The van der Waals surface area contributed by atoms with E-state index in [2.05, 4.69) is 42.5 Å². The van der Waals surface area contributed by atoms with Crippen LogP contribution in [0.3, 0.4) is 0 Å². The highest BCUT2D eigenvalue weighted by Crippen LogP contribution is 2.37. The molecule has 0 aliphatic rings. The maximum atomic E-state index is 6.20. The first-order valence-electron chi connectivity index (χ1n) is 7.25. The lowest BCUT2D eigenvalue weighted by Crippen LogP contribution is -2.28. The topological polar surface area (TPSA) is 89.2 Å². The lowest BCUT2D eigenvalue weighted by molar-refractivity contribution is 0.653. The minimum absolute atomic E-state index is 0.244. The highest BCUT2D eigenvalue weighted by atomic mass is 79.9. The molecule has 0 atom stereocenters. The minimum atomic E-state index is 0.244. The van der Waals surface area contributed by atoms with Crippen molar-refractivity contribution in [1.29, 1.82) is 0 Å². The molecule has 0 aliphatic heterocycles. The minimum Gasteiger partial charge on any atom is -0.455 e. The van der Waals surface area contributed by atoms with E-state index in [-0.39, 0.29) is 10.2 Å². The van der Waals surface area contributed by atoms with Crippen LogP contribution in [0.4, 0.5) is 0 Å². The van der Waals surface area contributed by atoms with Crippen LogP contribution < -0.4 is 22.1 Å². The predicted octanol–water partition coefficient (Wildman–Crippen LogP) is 3.78. The molecule has 130 valence electrons. The molecule has 3 aromatic rings. The Kier molecular flexibility index (Phi) is 5.47. The van der Waals surface area contributed by atoms with Gasteiger partial charge in [0.2, 0.25) is 0 Å². The molecule has 25 heavy (non-hydrogen) atoms. The maximum absolute atomic E-state index is 6.20. The number of fused-ring (bicyclic) bond motifs is 3. The zero-order valence-electron chi connectivity index (χ0n) is 12.9. The Hall–Kier alpha value is -1.42. The largest absolute Gasteiger partial charge is 0.455 e. The van der Waals surface area contributed by atoms with Gasteiger partial charge in [-0.2, -0.15) is 0 Å². The second-order valence-electron chi connectivity index (χ2n) is 5.42. The van der Waals surface area contributed by atoms with E-state index in [1.165, 1.54) is 0 Å². The van der Waals surface area contributed by atoms with Crippen molar-refractivity contribution in [1.82, 2.24) is 10.6 Å². The van der Waals surface area contributed by atoms with Gasteiger partial charge in [0.25, 0.3) is 0 Å². The SMILES string of the molecule is NC(=S)NCc1cc(Br)cc2c1oc1c(CNC(N)=S)cc(Br)cc12. The van der Waals surface area contributed by atoms with Crippen molar-refractivity contribution >= 4 is 88.5 Å². The van der Waals surface area contributed by atoms with E-state index < -0.39 is 0 Å². The van der Waals surface area contributed by atoms with E-state index in [0.717, 1.165) is 42.0 Å². The van der Waals surface area contributed by atoms with Crippen LogP contribution in [-0.2, 0) is 13.1 Å². The van der Waals surface area contributed by atoms with E-state index in [1.807, 2.05) is 24.3 Å². The smallest absolute Gasteiger partial charge is 0.163 e. The molecule has 0 aliphatic carbocycles. The van der Waals surface area contributed by atoms with E-state index >= 15 is 0 Å². The summed E-state index contributed by atoms with van der Waals surface area (Å²) in [5.74, 6) is 0. The average molecular weight is 502 g/mol. The van der Waals surface area contributed by atoms with Gasteiger partial charge in [0.15, 0.2) is 10.2 Å². The van der Waals surface area contributed by atoms with Crippen LogP contribution in [0.15, 0.2) is 37.6 Å².